The second kappa shape index (κ2) is 6.71. The van der Waals surface area contributed by atoms with Gasteiger partial charge in [-0.3, -0.25) is 0 Å². The average molecular weight is 252 g/mol. The van der Waals surface area contributed by atoms with Gasteiger partial charge < -0.3 is 14.8 Å². The van der Waals surface area contributed by atoms with Crippen molar-refractivity contribution >= 4 is 0 Å². The van der Waals surface area contributed by atoms with Gasteiger partial charge >= 0.3 is 0 Å². The molecule has 1 rings (SSSR count). The van der Waals surface area contributed by atoms with Crippen molar-refractivity contribution in [3.63, 3.8) is 0 Å². The van der Waals surface area contributed by atoms with Crippen LogP contribution in [0.15, 0.2) is 18.3 Å². The van der Waals surface area contributed by atoms with Crippen molar-refractivity contribution in [2.45, 2.75) is 38.8 Å². The van der Waals surface area contributed by atoms with E-state index in [9.17, 15) is 0 Å². The standard InChI is InChI=1S/C14H24N2O2/c1-11(15-4)12-6-7-13(16-10-12)18-9-8-14(2,3)17-5/h6-7,10-11,15H,8-9H2,1-5H3. The third-order valence-corrected chi connectivity index (χ3v) is 3.20. The van der Waals surface area contributed by atoms with Crippen molar-refractivity contribution in [2.75, 3.05) is 20.8 Å². The third-order valence-electron chi connectivity index (χ3n) is 3.20. The summed E-state index contributed by atoms with van der Waals surface area (Å²) in [5, 5.41) is 3.17. The van der Waals surface area contributed by atoms with Gasteiger partial charge in [0.25, 0.3) is 0 Å². The second-order valence-electron chi connectivity index (χ2n) is 5.00. The van der Waals surface area contributed by atoms with Gasteiger partial charge in [-0.2, -0.15) is 0 Å². The first-order valence-corrected chi connectivity index (χ1v) is 6.29. The number of rotatable bonds is 7. The van der Waals surface area contributed by atoms with E-state index >= 15 is 0 Å². The molecule has 0 bridgehead atoms. The number of nitrogens with one attached hydrogen (secondary N) is 1. The van der Waals surface area contributed by atoms with Crippen LogP contribution in [0.3, 0.4) is 0 Å². The first-order chi connectivity index (χ1) is 8.48. The molecule has 0 saturated heterocycles. The summed E-state index contributed by atoms with van der Waals surface area (Å²) in [6.45, 7) is 6.79. The lowest BCUT2D eigenvalue weighted by Crippen LogP contribution is -2.25. The summed E-state index contributed by atoms with van der Waals surface area (Å²) in [6, 6.07) is 4.24. The fourth-order valence-corrected chi connectivity index (χ4v) is 1.40. The molecular weight excluding hydrogens is 228 g/mol. The van der Waals surface area contributed by atoms with Crippen molar-refractivity contribution in [1.29, 1.82) is 0 Å². The Morgan fingerprint density at radius 3 is 2.61 bits per heavy atom. The normalized spacial score (nSPS) is 13.4. The van der Waals surface area contributed by atoms with E-state index in [1.54, 1.807) is 7.11 Å². The van der Waals surface area contributed by atoms with Gasteiger partial charge in [-0.15, -0.1) is 0 Å². The van der Waals surface area contributed by atoms with Crippen LogP contribution in [0.1, 0.15) is 38.8 Å². The lowest BCUT2D eigenvalue weighted by Gasteiger charge is -2.22. The highest BCUT2D eigenvalue weighted by atomic mass is 16.5. The Labute approximate surface area is 110 Å². The molecule has 4 heteroatoms. The summed E-state index contributed by atoms with van der Waals surface area (Å²) in [6.07, 6.45) is 2.68. The van der Waals surface area contributed by atoms with Crippen LogP contribution in [0.2, 0.25) is 0 Å². The molecule has 0 aliphatic carbocycles. The number of methoxy groups -OCH3 is 1. The SMILES string of the molecule is CNC(C)c1ccc(OCCC(C)(C)OC)nc1. The first kappa shape index (κ1) is 14.9. The molecule has 4 nitrogen and oxygen atoms in total. The third kappa shape index (κ3) is 4.63. The summed E-state index contributed by atoms with van der Waals surface area (Å²) in [4.78, 5) is 4.29. The van der Waals surface area contributed by atoms with Gasteiger partial charge in [0.15, 0.2) is 0 Å². The van der Waals surface area contributed by atoms with Gasteiger partial charge in [0.1, 0.15) is 0 Å². The minimum Gasteiger partial charge on any atom is -0.478 e. The zero-order chi connectivity index (χ0) is 13.6. The quantitative estimate of drug-likeness (QED) is 0.810. The maximum atomic E-state index is 5.60. The van der Waals surface area contributed by atoms with Crippen LogP contribution in [0, 0.1) is 0 Å². The molecule has 0 aliphatic rings. The van der Waals surface area contributed by atoms with Crippen molar-refractivity contribution in [3.05, 3.63) is 23.9 Å². The summed E-state index contributed by atoms with van der Waals surface area (Å²) in [5.74, 6) is 0.661. The molecule has 0 saturated carbocycles. The second-order valence-corrected chi connectivity index (χ2v) is 5.00. The van der Waals surface area contributed by atoms with E-state index in [1.807, 2.05) is 39.2 Å². The van der Waals surface area contributed by atoms with Crippen LogP contribution in [0.5, 0.6) is 5.88 Å². The lowest BCUT2D eigenvalue weighted by molar-refractivity contribution is 0.00508. The Morgan fingerprint density at radius 2 is 2.11 bits per heavy atom. The molecule has 1 unspecified atom stereocenters. The Bertz CT molecular complexity index is 349. The molecule has 0 amide bonds. The average Bonchev–Trinajstić information content (AvgIpc) is 2.38. The maximum absolute atomic E-state index is 5.60. The maximum Gasteiger partial charge on any atom is 0.213 e. The highest BCUT2D eigenvalue weighted by Crippen LogP contribution is 2.16. The lowest BCUT2D eigenvalue weighted by atomic mass is 10.1. The van der Waals surface area contributed by atoms with Crippen LogP contribution in [0.4, 0.5) is 0 Å². The van der Waals surface area contributed by atoms with Crippen molar-refractivity contribution in [1.82, 2.24) is 10.3 Å². The topological polar surface area (TPSA) is 43.4 Å². The van der Waals surface area contributed by atoms with Gasteiger partial charge in [-0.1, -0.05) is 6.07 Å². The smallest absolute Gasteiger partial charge is 0.213 e. The number of ether oxygens (including phenoxy) is 2. The van der Waals surface area contributed by atoms with E-state index < -0.39 is 0 Å². The van der Waals surface area contributed by atoms with E-state index in [2.05, 4.69) is 17.2 Å². The predicted molar refractivity (Wildman–Crippen MR) is 72.9 cm³/mol. The summed E-state index contributed by atoms with van der Waals surface area (Å²) >= 11 is 0. The summed E-state index contributed by atoms with van der Waals surface area (Å²) in [5.41, 5.74) is 1.00. The molecule has 1 aromatic rings. The van der Waals surface area contributed by atoms with Crippen molar-refractivity contribution in [3.8, 4) is 5.88 Å². The van der Waals surface area contributed by atoms with E-state index in [-0.39, 0.29) is 5.60 Å². The zero-order valence-corrected chi connectivity index (χ0v) is 12.0. The molecule has 18 heavy (non-hydrogen) atoms. The van der Waals surface area contributed by atoms with Gasteiger partial charge in [-0.25, -0.2) is 4.98 Å². The fourth-order valence-electron chi connectivity index (χ4n) is 1.40. The summed E-state index contributed by atoms with van der Waals surface area (Å²) in [7, 11) is 3.65. The van der Waals surface area contributed by atoms with Gasteiger partial charge in [0, 0.05) is 31.8 Å². The Kier molecular flexibility index (Phi) is 5.56. The molecule has 0 radical (unpaired) electrons. The molecule has 1 N–H and O–H groups in total. The van der Waals surface area contributed by atoms with Crippen molar-refractivity contribution < 1.29 is 9.47 Å². The highest BCUT2D eigenvalue weighted by Gasteiger charge is 2.16. The van der Waals surface area contributed by atoms with Crippen LogP contribution < -0.4 is 10.1 Å². The van der Waals surface area contributed by atoms with E-state index in [0.717, 1.165) is 12.0 Å². The molecule has 0 fully saturated rings. The molecule has 1 aromatic heterocycles. The van der Waals surface area contributed by atoms with E-state index in [4.69, 9.17) is 9.47 Å². The van der Waals surface area contributed by atoms with Crippen LogP contribution in [-0.4, -0.2) is 31.3 Å². The molecular formula is C14H24N2O2. The van der Waals surface area contributed by atoms with Crippen LogP contribution in [-0.2, 0) is 4.74 Å². The first-order valence-electron chi connectivity index (χ1n) is 6.29. The molecule has 102 valence electrons. The number of pyridine rings is 1. The number of hydrogen-bond donors (Lipinski definition) is 1. The monoisotopic (exact) mass is 252 g/mol. The van der Waals surface area contributed by atoms with E-state index in [0.29, 0.717) is 18.5 Å². The molecule has 1 heterocycles. The van der Waals surface area contributed by atoms with Gasteiger partial charge in [0.05, 0.1) is 12.2 Å². The Balaban J connectivity index is 2.45. The molecule has 0 aliphatic heterocycles. The van der Waals surface area contributed by atoms with Crippen LogP contribution >= 0.6 is 0 Å². The number of aromatic nitrogens is 1. The minimum absolute atomic E-state index is 0.152. The number of hydrogen-bond acceptors (Lipinski definition) is 4. The zero-order valence-electron chi connectivity index (χ0n) is 12.0. The Morgan fingerprint density at radius 1 is 1.39 bits per heavy atom. The molecule has 1 atom stereocenters. The fraction of sp³-hybridized carbons (Fsp3) is 0.643. The largest absolute Gasteiger partial charge is 0.478 e. The minimum atomic E-state index is -0.152. The molecule has 0 spiro atoms. The van der Waals surface area contributed by atoms with Gasteiger partial charge in [0.2, 0.25) is 5.88 Å². The number of nitrogens with zero attached hydrogens (tertiary/aromatic N) is 1. The van der Waals surface area contributed by atoms with Crippen molar-refractivity contribution in [2.24, 2.45) is 0 Å². The van der Waals surface area contributed by atoms with Gasteiger partial charge in [-0.05, 0) is 33.4 Å². The van der Waals surface area contributed by atoms with E-state index in [1.165, 1.54) is 0 Å². The van der Waals surface area contributed by atoms with Crippen LogP contribution in [0.25, 0.3) is 0 Å². The Hall–Kier alpha value is -1.13. The highest BCUT2D eigenvalue weighted by molar-refractivity contribution is 5.20. The molecule has 0 aromatic carbocycles. The summed E-state index contributed by atoms with van der Waals surface area (Å²) < 4.78 is 10.9. The predicted octanol–water partition coefficient (Wildman–Crippen LogP) is 2.56.